The first-order valence-corrected chi connectivity index (χ1v) is 8.18. The number of hydrogen-bond acceptors (Lipinski definition) is 4. The monoisotopic (exact) mass is 383 g/mol. The van der Waals surface area contributed by atoms with E-state index in [1.807, 2.05) is 0 Å². The summed E-state index contributed by atoms with van der Waals surface area (Å²) in [7, 11) is 0. The lowest BCUT2D eigenvalue weighted by atomic mass is 10.1. The van der Waals surface area contributed by atoms with Crippen LogP contribution in [0.3, 0.4) is 0 Å². The second-order valence-corrected chi connectivity index (χ2v) is 5.86. The Morgan fingerprint density at radius 1 is 1.07 bits per heavy atom. The third-order valence-corrected chi connectivity index (χ3v) is 3.73. The maximum absolute atomic E-state index is 11.8. The second-order valence-electron chi connectivity index (χ2n) is 5.42. The van der Waals surface area contributed by atoms with Crippen molar-refractivity contribution in [1.29, 1.82) is 0 Å². The van der Waals surface area contributed by atoms with Gasteiger partial charge in [0.1, 0.15) is 11.5 Å². The molecule has 0 bridgehead atoms. The van der Waals surface area contributed by atoms with Crippen LogP contribution in [0.2, 0.25) is 5.02 Å². The predicted molar refractivity (Wildman–Crippen MR) is 102 cm³/mol. The van der Waals surface area contributed by atoms with Gasteiger partial charge in [0.05, 0.1) is 11.8 Å². The molecule has 3 aromatic rings. The number of aromatic carboxylic acids is 1. The summed E-state index contributed by atoms with van der Waals surface area (Å²) in [5.41, 5.74) is 3.68. The molecule has 0 aliphatic heterocycles. The van der Waals surface area contributed by atoms with Crippen LogP contribution in [0.25, 0.3) is 11.3 Å². The van der Waals surface area contributed by atoms with Crippen LogP contribution in [-0.2, 0) is 0 Å². The first-order chi connectivity index (χ1) is 13.0. The summed E-state index contributed by atoms with van der Waals surface area (Å²) in [5.74, 6) is -0.122. The van der Waals surface area contributed by atoms with E-state index in [4.69, 9.17) is 21.1 Å². The summed E-state index contributed by atoms with van der Waals surface area (Å²) in [4.78, 5) is 22.8. The van der Waals surface area contributed by atoms with Crippen LogP contribution < -0.4 is 10.7 Å². The zero-order chi connectivity index (χ0) is 19.2. The lowest BCUT2D eigenvalue weighted by Crippen LogP contribution is -2.24. The fourth-order valence-corrected chi connectivity index (χ4v) is 2.36. The highest BCUT2D eigenvalue weighted by Gasteiger charge is 2.08. The molecule has 0 saturated heterocycles. The molecular weight excluding hydrogens is 370 g/mol. The molecule has 0 spiro atoms. The van der Waals surface area contributed by atoms with Crippen molar-refractivity contribution in [2.24, 2.45) is 5.10 Å². The zero-order valence-corrected chi connectivity index (χ0v) is 14.6. The summed E-state index contributed by atoms with van der Waals surface area (Å²) < 4.78 is 5.59. The number of furan rings is 1. The van der Waals surface area contributed by atoms with Gasteiger partial charge in [0.25, 0.3) is 0 Å². The predicted octanol–water partition coefficient (Wildman–Crippen LogP) is 4.45. The number of amides is 2. The minimum absolute atomic E-state index is 0.166. The minimum Gasteiger partial charge on any atom is -0.478 e. The molecule has 0 radical (unpaired) electrons. The largest absolute Gasteiger partial charge is 0.478 e. The van der Waals surface area contributed by atoms with Crippen LogP contribution in [0.5, 0.6) is 0 Å². The van der Waals surface area contributed by atoms with E-state index in [0.29, 0.717) is 27.8 Å². The highest BCUT2D eigenvalue weighted by atomic mass is 35.5. The summed E-state index contributed by atoms with van der Waals surface area (Å²) in [6, 6.07) is 15.9. The van der Waals surface area contributed by atoms with Gasteiger partial charge in [-0.15, -0.1) is 0 Å². The Labute approximate surface area is 159 Å². The van der Waals surface area contributed by atoms with Gasteiger partial charge in [-0.2, -0.15) is 5.10 Å². The number of nitrogens with zero attached hydrogens (tertiary/aromatic N) is 1. The molecule has 1 heterocycles. The molecule has 8 heteroatoms. The van der Waals surface area contributed by atoms with Crippen molar-refractivity contribution in [3.63, 3.8) is 0 Å². The normalized spacial score (nSPS) is 10.7. The number of carbonyl (C=O) groups excluding carboxylic acids is 1. The van der Waals surface area contributed by atoms with Crippen LogP contribution in [0, 0.1) is 0 Å². The van der Waals surface area contributed by atoms with Crippen molar-refractivity contribution in [2.45, 2.75) is 0 Å². The van der Waals surface area contributed by atoms with E-state index in [9.17, 15) is 9.59 Å². The number of carboxylic acid groups (broad SMARTS) is 1. The van der Waals surface area contributed by atoms with E-state index in [0.717, 1.165) is 0 Å². The van der Waals surface area contributed by atoms with Gasteiger partial charge >= 0.3 is 12.0 Å². The number of anilines is 1. The van der Waals surface area contributed by atoms with Crippen molar-refractivity contribution in [3.8, 4) is 11.3 Å². The summed E-state index contributed by atoms with van der Waals surface area (Å²) in [6.07, 6.45) is 1.34. The molecule has 0 aliphatic rings. The van der Waals surface area contributed by atoms with Gasteiger partial charge in [-0.3, -0.25) is 0 Å². The SMILES string of the molecule is O=C(NN=Cc1ccc(-c2cccc(C(=O)O)c2)o1)Nc1ccc(Cl)cc1. The Balaban J connectivity index is 1.60. The molecule has 2 aromatic carbocycles. The molecule has 3 N–H and O–H groups in total. The molecule has 27 heavy (non-hydrogen) atoms. The molecule has 0 unspecified atom stereocenters. The maximum Gasteiger partial charge on any atom is 0.339 e. The number of hydrogen-bond donors (Lipinski definition) is 3. The third kappa shape index (κ3) is 4.96. The van der Waals surface area contributed by atoms with Crippen molar-refractivity contribution < 1.29 is 19.1 Å². The fourth-order valence-electron chi connectivity index (χ4n) is 2.23. The molecule has 1 aromatic heterocycles. The Morgan fingerprint density at radius 3 is 2.59 bits per heavy atom. The van der Waals surface area contributed by atoms with Gasteiger partial charge in [-0.05, 0) is 48.5 Å². The number of benzene rings is 2. The number of rotatable bonds is 5. The van der Waals surface area contributed by atoms with Crippen LogP contribution in [-0.4, -0.2) is 23.3 Å². The number of urea groups is 1. The second kappa shape index (κ2) is 8.20. The summed E-state index contributed by atoms with van der Waals surface area (Å²) in [6.45, 7) is 0. The minimum atomic E-state index is -1.01. The van der Waals surface area contributed by atoms with Gasteiger partial charge in [0, 0.05) is 16.3 Å². The maximum atomic E-state index is 11.8. The standard InChI is InChI=1S/C19H14ClN3O4/c20-14-4-6-15(7-5-14)22-19(26)23-21-11-16-8-9-17(27-16)12-2-1-3-13(10-12)18(24)25/h1-11H,(H,24,25)(H2,22,23,26). The molecule has 3 rings (SSSR count). The number of hydrazone groups is 1. The Hall–Kier alpha value is -3.58. The molecule has 2 amide bonds. The third-order valence-electron chi connectivity index (χ3n) is 3.48. The van der Waals surface area contributed by atoms with E-state index in [1.54, 1.807) is 48.5 Å². The first kappa shape index (κ1) is 18.2. The van der Waals surface area contributed by atoms with Crippen molar-refractivity contribution >= 4 is 35.5 Å². The van der Waals surface area contributed by atoms with Gasteiger partial charge in [-0.1, -0.05) is 23.7 Å². The van der Waals surface area contributed by atoms with E-state index in [2.05, 4.69) is 15.8 Å². The summed E-state index contributed by atoms with van der Waals surface area (Å²) in [5, 5.41) is 16.0. The van der Waals surface area contributed by atoms with Crippen molar-refractivity contribution in [2.75, 3.05) is 5.32 Å². The number of carboxylic acids is 1. The highest BCUT2D eigenvalue weighted by molar-refractivity contribution is 6.30. The zero-order valence-electron chi connectivity index (χ0n) is 13.8. The Morgan fingerprint density at radius 2 is 1.85 bits per heavy atom. The van der Waals surface area contributed by atoms with E-state index in [-0.39, 0.29) is 5.56 Å². The molecule has 136 valence electrons. The molecule has 0 atom stereocenters. The molecule has 0 saturated carbocycles. The van der Waals surface area contributed by atoms with Crippen molar-refractivity contribution in [3.05, 3.63) is 77.0 Å². The number of nitrogens with one attached hydrogen (secondary N) is 2. The smallest absolute Gasteiger partial charge is 0.339 e. The number of halogens is 1. The Bertz CT molecular complexity index is 996. The van der Waals surface area contributed by atoms with Crippen LogP contribution in [0.15, 0.2) is 70.2 Å². The van der Waals surface area contributed by atoms with Crippen LogP contribution >= 0.6 is 11.6 Å². The summed E-state index contributed by atoms with van der Waals surface area (Å²) >= 11 is 5.78. The molecule has 0 aliphatic carbocycles. The van der Waals surface area contributed by atoms with Gasteiger partial charge < -0.3 is 14.8 Å². The average molecular weight is 384 g/mol. The van der Waals surface area contributed by atoms with Crippen molar-refractivity contribution in [1.82, 2.24) is 5.43 Å². The quantitative estimate of drug-likeness (QED) is 0.447. The van der Waals surface area contributed by atoms with Gasteiger partial charge in [0.15, 0.2) is 0 Å². The Kier molecular flexibility index (Phi) is 5.53. The number of carbonyl (C=O) groups is 2. The lowest BCUT2D eigenvalue weighted by molar-refractivity contribution is 0.0697. The topological polar surface area (TPSA) is 104 Å². The average Bonchev–Trinajstić information content (AvgIpc) is 3.13. The van der Waals surface area contributed by atoms with Gasteiger partial charge in [0.2, 0.25) is 0 Å². The van der Waals surface area contributed by atoms with E-state index in [1.165, 1.54) is 18.3 Å². The van der Waals surface area contributed by atoms with E-state index >= 15 is 0 Å². The molecular formula is C19H14ClN3O4. The van der Waals surface area contributed by atoms with E-state index < -0.39 is 12.0 Å². The van der Waals surface area contributed by atoms with Crippen LogP contribution in [0.4, 0.5) is 10.5 Å². The lowest BCUT2D eigenvalue weighted by Gasteiger charge is -2.03. The first-order valence-electron chi connectivity index (χ1n) is 7.80. The fraction of sp³-hybridized carbons (Fsp3) is 0. The molecule has 0 fully saturated rings. The van der Waals surface area contributed by atoms with Gasteiger partial charge in [-0.25, -0.2) is 15.0 Å². The van der Waals surface area contributed by atoms with Crippen LogP contribution in [0.1, 0.15) is 16.1 Å². The molecule has 7 nitrogen and oxygen atoms in total. The highest BCUT2D eigenvalue weighted by Crippen LogP contribution is 2.22.